The van der Waals surface area contributed by atoms with Crippen molar-refractivity contribution in [2.45, 2.75) is 32.6 Å². The fourth-order valence-electron chi connectivity index (χ4n) is 3.48. The van der Waals surface area contributed by atoms with E-state index in [0.717, 1.165) is 38.0 Å². The van der Waals surface area contributed by atoms with Crippen molar-refractivity contribution in [3.8, 4) is 0 Å². The molecule has 1 saturated heterocycles. The highest BCUT2D eigenvalue weighted by molar-refractivity contribution is 5.76. The zero-order valence-corrected chi connectivity index (χ0v) is 15.1. The molecule has 1 amide bonds. The predicted molar refractivity (Wildman–Crippen MR) is 104 cm³/mol. The first-order valence-electron chi connectivity index (χ1n) is 9.33. The third kappa shape index (κ3) is 5.35. The minimum absolute atomic E-state index is 0.276. The lowest BCUT2D eigenvalue weighted by Gasteiger charge is -2.32. The van der Waals surface area contributed by atoms with Crippen LogP contribution in [0.2, 0.25) is 0 Å². The normalized spacial score (nSPS) is 15.2. The SMILES string of the molecule is Cc1ccc(NCCC(=O)N2CCC(Cc3ccccc3)CC2)cc1. The summed E-state index contributed by atoms with van der Waals surface area (Å²) in [4.78, 5) is 14.4. The monoisotopic (exact) mass is 336 g/mol. The number of carbonyl (C=O) groups excluding carboxylic acids is 1. The summed E-state index contributed by atoms with van der Waals surface area (Å²) in [5.41, 5.74) is 3.74. The molecule has 1 N–H and O–H groups in total. The second kappa shape index (κ2) is 8.70. The van der Waals surface area contributed by atoms with Crippen LogP contribution in [0.25, 0.3) is 0 Å². The van der Waals surface area contributed by atoms with E-state index in [1.54, 1.807) is 0 Å². The molecular weight excluding hydrogens is 308 g/mol. The lowest BCUT2D eigenvalue weighted by Crippen LogP contribution is -2.39. The van der Waals surface area contributed by atoms with Crippen LogP contribution < -0.4 is 5.32 Å². The fourth-order valence-corrected chi connectivity index (χ4v) is 3.48. The van der Waals surface area contributed by atoms with Crippen molar-refractivity contribution in [1.82, 2.24) is 4.90 Å². The molecule has 1 heterocycles. The van der Waals surface area contributed by atoms with Gasteiger partial charge in [-0.3, -0.25) is 4.79 Å². The summed E-state index contributed by atoms with van der Waals surface area (Å²) in [7, 11) is 0. The highest BCUT2D eigenvalue weighted by Gasteiger charge is 2.22. The lowest BCUT2D eigenvalue weighted by atomic mass is 9.90. The van der Waals surface area contributed by atoms with Crippen LogP contribution in [-0.2, 0) is 11.2 Å². The van der Waals surface area contributed by atoms with E-state index in [1.165, 1.54) is 11.1 Å². The molecular formula is C22H28N2O. The molecule has 3 heteroatoms. The summed E-state index contributed by atoms with van der Waals surface area (Å²) in [6.45, 7) is 4.59. The standard InChI is InChI=1S/C22H28N2O/c1-18-7-9-21(10-8-18)23-14-11-22(25)24-15-12-20(13-16-24)17-19-5-3-2-4-6-19/h2-10,20,23H,11-17H2,1H3. The van der Waals surface area contributed by atoms with Gasteiger partial charge in [0.05, 0.1) is 0 Å². The second-order valence-corrected chi connectivity index (χ2v) is 7.06. The molecule has 1 aliphatic rings. The van der Waals surface area contributed by atoms with Gasteiger partial charge < -0.3 is 10.2 Å². The summed E-state index contributed by atoms with van der Waals surface area (Å²) < 4.78 is 0. The van der Waals surface area contributed by atoms with Gasteiger partial charge >= 0.3 is 0 Å². The lowest BCUT2D eigenvalue weighted by molar-refractivity contribution is -0.132. The zero-order chi connectivity index (χ0) is 17.5. The molecule has 0 atom stereocenters. The summed E-state index contributed by atoms with van der Waals surface area (Å²) in [6, 6.07) is 19.0. The molecule has 3 rings (SSSR count). The number of likely N-dealkylation sites (tertiary alicyclic amines) is 1. The maximum Gasteiger partial charge on any atom is 0.224 e. The molecule has 132 valence electrons. The zero-order valence-electron chi connectivity index (χ0n) is 15.1. The van der Waals surface area contributed by atoms with E-state index in [-0.39, 0.29) is 5.91 Å². The van der Waals surface area contributed by atoms with Crippen molar-refractivity contribution < 1.29 is 4.79 Å². The minimum Gasteiger partial charge on any atom is -0.385 e. The van der Waals surface area contributed by atoms with Crippen LogP contribution >= 0.6 is 0 Å². The van der Waals surface area contributed by atoms with Gasteiger partial charge in [-0.15, -0.1) is 0 Å². The fraction of sp³-hybridized carbons (Fsp3) is 0.409. The van der Waals surface area contributed by atoms with Crippen LogP contribution in [0.3, 0.4) is 0 Å². The largest absolute Gasteiger partial charge is 0.385 e. The number of hydrogen-bond acceptors (Lipinski definition) is 2. The van der Waals surface area contributed by atoms with Gasteiger partial charge in [-0.25, -0.2) is 0 Å². The number of benzene rings is 2. The second-order valence-electron chi connectivity index (χ2n) is 7.06. The van der Waals surface area contributed by atoms with Crippen molar-refractivity contribution in [2.24, 2.45) is 5.92 Å². The molecule has 0 aromatic heterocycles. The van der Waals surface area contributed by atoms with Gasteiger partial charge in [-0.2, -0.15) is 0 Å². The van der Waals surface area contributed by atoms with E-state index in [0.29, 0.717) is 18.9 Å². The van der Waals surface area contributed by atoms with E-state index < -0.39 is 0 Å². The van der Waals surface area contributed by atoms with Gasteiger partial charge in [0.15, 0.2) is 0 Å². The minimum atomic E-state index is 0.276. The number of nitrogens with zero attached hydrogens (tertiary/aromatic N) is 1. The van der Waals surface area contributed by atoms with E-state index in [1.807, 2.05) is 4.90 Å². The number of nitrogens with one attached hydrogen (secondary N) is 1. The average molecular weight is 336 g/mol. The van der Waals surface area contributed by atoms with Crippen molar-refractivity contribution in [3.05, 3.63) is 65.7 Å². The summed E-state index contributed by atoms with van der Waals surface area (Å²) in [6.07, 6.45) is 3.94. The molecule has 0 spiro atoms. The van der Waals surface area contributed by atoms with Crippen molar-refractivity contribution in [3.63, 3.8) is 0 Å². The quantitative estimate of drug-likeness (QED) is 0.854. The van der Waals surface area contributed by atoms with Crippen LogP contribution in [0.4, 0.5) is 5.69 Å². The molecule has 3 nitrogen and oxygen atoms in total. The van der Waals surface area contributed by atoms with Gasteiger partial charge in [-0.1, -0.05) is 48.0 Å². The highest BCUT2D eigenvalue weighted by Crippen LogP contribution is 2.22. The maximum atomic E-state index is 12.4. The smallest absolute Gasteiger partial charge is 0.224 e. The van der Waals surface area contributed by atoms with Crippen LogP contribution in [0, 0.1) is 12.8 Å². The summed E-state index contributed by atoms with van der Waals surface area (Å²) in [5.74, 6) is 0.981. The molecule has 1 aliphatic heterocycles. The van der Waals surface area contributed by atoms with E-state index in [4.69, 9.17) is 0 Å². The van der Waals surface area contributed by atoms with Crippen LogP contribution in [0.1, 0.15) is 30.4 Å². The Kier molecular flexibility index (Phi) is 6.10. The third-order valence-electron chi connectivity index (χ3n) is 5.05. The van der Waals surface area contributed by atoms with E-state index >= 15 is 0 Å². The Bertz CT molecular complexity index is 658. The number of amides is 1. The molecule has 25 heavy (non-hydrogen) atoms. The first-order valence-corrected chi connectivity index (χ1v) is 9.33. The van der Waals surface area contributed by atoms with Gasteiger partial charge in [0, 0.05) is 31.7 Å². The number of hydrogen-bond donors (Lipinski definition) is 1. The van der Waals surface area contributed by atoms with Crippen LogP contribution in [0.15, 0.2) is 54.6 Å². The number of rotatable bonds is 6. The van der Waals surface area contributed by atoms with E-state index in [9.17, 15) is 4.79 Å². The molecule has 0 radical (unpaired) electrons. The van der Waals surface area contributed by atoms with Gasteiger partial charge in [0.1, 0.15) is 0 Å². The Labute approximate surface area is 151 Å². The molecule has 0 saturated carbocycles. The molecule has 0 aliphatic carbocycles. The average Bonchev–Trinajstić information content (AvgIpc) is 2.65. The maximum absolute atomic E-state index is 12.4. The number of aryl methyl sites for hydroxylation is 1. The Hall–Kier alpha value is -2.29. The topological polar surface area (TPSA) is 32.3 Å². The summed E-state index contributed by atoms with van der Waals surface area (Å²) >= 11 is 0. The highest BCUT2D eigenvalue weighted by atomic mass is 16.2. The van der Waals surface area contributed by atoms with Crippen molar-refractivity contribution >= 4 is 11.6 Å². The molecule has 2 aromatic carbocycles. The first-order chi connectivity index (χ1) is 12.2. The third-order valence-corrected chi connectivity index (χ3v) is 5.05. The molecule has 0 bridgehead atoms. The van der Waals surface area contributed by atoms with Gasteiger partial charge in [-0.05, 0) is 49.8 Å². The van der Waals surface area contributed by atoms with Crippen molar-refractivity contribution in [2.75, 3.05) is 25.0 Å². The first kappa shape index (κ1) is 17.5. The molecule has 2 aromatic rings. The number of piperidine rings is 1. The van der Waals surface area contributed by atoms with Gasteiger partial charge in [0.2, 0.25) is 5.91 Å². The van der Waals surface area contributed by atoms with E-state index in [2.05, 4.69) is 66.8 Å². The van der Waals surface area contributed by atoms with Crippen LogP contribution in [-0.4, -0.2) is 30.4 Å². The number of anilines is 1. The Balaban J connectivity index is 1.37. The molecule has 1 fully saturated rings. The predicted octanol–water partition coefficient (Wildman–Crippen LogP) is 4.28. The Morgan fingerprint density at radius 1 is 1.04 bits per heavy atom. The Morgan fingerprint density at radius 3 is 2.40 bits per heavy atom. The van der Waals surface area contributed by atoms with Crippen LogP contribution in [0.5, 0.6) is 0 Å². The Morgan fingerprint density at radius 2 is 1.72 bits per heavy atom. The van der Waals surface area contributed by atoms with Crippen molar-refractivity contribution in [1.29, 1.82) is 0 Å². The number of carbonyl (C=O) groups is 1. The van der Waals surface area contributed by atoms with Gasteiger partial charge in [0.25, 0.3) is 0 Å². The summed E-state index contributed by atoms with van der Waals surface area (Å²) in [5, 5.41) is 3.34. The molecule has 0 unspecified atom stereocenters.